The third-order valence-electron chi connectivity index (χ3n) is 2.82. The predicted molar refractivity (Wildman–Crippen MR) is 60.1 cm³/mol. The van der Waals surface area contributed by atoms with Crippen LogP contribution in [0.25, 0.3) is 11.4 Å². The molecular formula is C12H9F5N2O2. The Morgan fingerprint density at radius 2 is 1.86 bits per heavy atom. The molecule has 0 saturated heterocycles. The molecular weight excluding hydrogens is 299 g/mol. The van der Waals surface area contributed by atoms with Crippen LogP contribution in [-0.2, 0) is 0 Å². The van der Waals surface area contributed by atoms with Crippen LogP contribution in [0.5, 0.6) is 0 Å². The Kier molecular flexibility index (Phi) is 3.95. The summed E-state index contributed by atoms with van der Waals surface area (Å²) < 4.78 is 67.6. The van der Waals surface area contributed by atoms with Gasteiger partial charge in [0.05, 0.1) is 5.92 Å². The van der Waals surface area contributed by atoms with E-state index in [2.05, 4.69) is 14.7 Å². The third-order valence-corrected chi connectivity index (χ3v) is 2.82. The summed E-state index contributed by atoms with van der Waals surface area (Å²) in [5.41, 5.74) is 0.0394. The molecule has 2 aromatic rings. The van der Waals surface area contributed by atoms with Crippen LogP contribution in [0.4, 0.5) is 22.0 Å². The Morgan fingerprint density at radius 3 is 2.43 bits per heavy atom. The molecule has 1 aromatic heterocycles. The zero-order valence-electron chi connectivity index (χ0n) is 10.5. The van der Waals surface area contributed by atoms with Gasteiger partial charge in [-0.25, -0.2) is 8.78 Å². The van der Waals surface area contributed by atoms with Gasteiger partial charge in [0, 0.05) is 5.56 Å². The van der Waals surface area contributed by atoms with Crippen LogP contribution in [0.15, 0.2) is 22.7 Å². The van der Waals surface area contributed by atoms with Crippen molar-refractivity contribution in [3.05, 3.63) is 35.7 Å². The Morgan fingerprint density at radius 1 is 1.19 bits per heavy atom. The van der Waals surface area contributed by atoms with Gasteiger partial charge in [0.2, 0.25) is 11.7 Å². The van der Waals surface area contributed by atoms with E-state index in [1.54, 1.807) is 0 Å². The first-order valence-electron chi connectivity index (χ1n) is 5.74. The quantitative estimate of drug-likeness (QED) is 0.885. The average Bonchev–Trinajstić information content (AvgIpc) is 2.88. The Hall–Kier alpha value is -2.03. The van der Waals surface area contributed by atoms with Crippen LogP contribution >= 0.6 is 0 Å². The maximum atomic E-state index is 13.1. The monoisotopic (exact) mass is 308 g/mol. The number of rotatable bonds is 3. The summed E-state index contributed by atoms with van der Waals surface area (Å²) in [5.74, 6) is -4.38. The first-order valence-corrected chi connectivity index (χ1v) is 5.74. The molecule has 21 heavy (non-hydrogen) atoms. The van der Waals surface area contributed by atoms with Gasteiger partial charge in [0.25, 0.3) is 0 Å². The molecule has 0 bridgehead atoms. The summed E-state index contributed by atoms with van der Waals surface area (Å²) in [5, 5.41) is 12.5. The molecule has 0 aliphatic rings. The van der Waals surface area contributed by atoms with E-state index in [1.807, 2.05) is 0 Å². The Balaban J connectivity index is 2.27. The molecule has 2 atom stereocenters. The van der Waals surface area contributed by atoms with Crippen molar-refractivity contribution >= 4 is 0 Å². The topological polar surface area (TPSA) is 59.2 Å². The highest BCUT2D eigenvalue weighted by atomic mass is 19.4. The number of aliphatic hydroxyl groups excluding tert-OH is 1. The lowest BCUT2D eigenvalue weighted by molar-refractivity contribution is -0.210. The van der Waals surface area contributed by atoms with Crippen LogP contribution in [-0.4, -0.2) is 27.5 Å². The summed E-state index contributed by atoms with van der Waals surface area (Å²) in [6.45, 7) is 1.06. The highest BCUT2D eigenvalue weighted by Crippen LogP contribution is 2.31. The maximum Gasteiger partial charge on any atom is 0.415 e. The summed E-state index contributed by atoms with van der Waals surface area (Å²) in [6, 6.07) is 2.77. The standard InChI is InChI=1S/C12H9F5N2O2/c1-5(9(20)12(15,16)17)11-18-10(19-21-11)6-2-3-7(13)8(14)4-6/h2-5,9,20H,1H3. The zero-order chi connectivity index (χ0) is 15.8. The van der Waals surface area contributed by atoms with Crippen LogP contribution in [0.2, 0.25) is 0 Å². The molecule has 0 aliphatic heterocycles. The number of nitrogens with zero attached hydrogens (tertiary/aromatic N) is 2. The fraction of sp³-hybridized carbons (Fsp3) is 0.333. The second kappa shape index (κ2) is 5.40. The van der Waals surface area contributed by atoms with E-state index in [9.17, 15) is 22.0 Å². The first kappa shape index (κ1) is 15.4. The lowest BCUT2D eigenvalue weighted by Gasteiger charge is -2.17. The van der Waals surface area contributed by atoms with Crippen molar-refractivity contribution in [3.8, 4) is 11.4 Å². The van der Waals surface area contributed by atoms with Crippen LogP contribution in [0, 0.1) is 11.6 Å². The maximum absolute atomic E-state index is 13.1. The summed E-state index contributed by atoms with van der Waals surface area (Å²) in [6.07, 6.45) is -7.51. The number of aromatic nitrogens is 2. The molecule has 0 fully saturated rings. The molecule has 1 N–H and O–H groups in total. The lowest BCUT2D eigenvalue weighted by Crippen LogP contribution is -2.33. The van der Waals surface area contributed by atoms with Gasteiger partial charge in [0.15, 0.2) is 17.7 Å². The molecule has 0 spiro atoms. The summed E-state index contributed by atoms with van der Waals surface area (Å²) in [4.78, 5) is 3.66. The van der Waals surface area contributed by atoms with Crippen LogP contribution in [0.3, 0.4) is 0 Å². The number of benzene rings is 1. The molecule has 1 aromatic carbocycles. The van der Waals surface area contributed by atoms with Crippen LogP contribution < -0.4 is 0 Å². The predicted octanol–water partition coefficient (Wildman–Crippen LogP) is 3.04. The van der Waals surface area contributed by atoms with E-state index in [4.69, 9.17) is 5.11 Å². The van der Waals surface area contributed by atoms with Gasteiger partial charge in [-0.3, -0.25) is 0 Å². The van der Waals surface area contributed by atoms with Gasteiger partial charge in [-0.2, -0.15) is 18.2 Å². The molecule has 1 heterocycles. The van der Waals surface area contributed by atoms with Gasteiger partial charge in [-0.05, 0) is 18.2 Å². The minimum Gasteiger partial charge on any atom is -0.383 e. The van der Waals surface area contributed by atoms with E-state index in [0.29, 0.717) is 0 Å². The highest BCUT2D eigenvalue weighted by molar-refractivity contribution is 5.54. The molecule has 114 valence electrons. The van der Waals surface area contributed by atoms with Gasteiger partial charge in [-0.15, -0.1) is 0 Å². The summed E-state index contributed by atoms with van der Waals surface area (Å²) in [7, 11) is 0. The lowest BCUT2D eigenvalue weighted by atomic mass is 10.0. The largest absolute Gasteiger partial charge is 0.415 e. The van der Waals surface area contributed by atoms with Crippen molar-refractivity contribution in [1.82, 2.24) is 10.1 Å². The molecule has 0 amide bonds. The van der Waals surface area contributed by atoms with Crippen molar-refractivity contribution in [2.45, 2.75) is 25.1 Å². The van der Waals surface area contributed by atoms with E-state index >= 15 is 0 Å². The Bertz CT molecular complexity index is 641. The second-order valence-electron chi connectivity index (χ2n) is 4.36. The fourth-order valence-corrected chi connectivity index (χ4v) is 1.59. The molecule has 0 radical (unpaired) electrons. The normalized spacial score (nSPS) is 15.0. The minimum atomic E-state index is -4.84. The molecule has 2 unspecified atom stereocenters. The molecule has 9 heteroatoms. The average molecular weight is 308 g/mol. The minimum absolute atomic E-state index is 0.0394. The van der Waals surface area contributed by atoms with E-state index in [1.165, 1.54) is 0 Å². The van der Waals surface area contributed by atoms with Crippen molar-refractivity contribution in [1.29, 1.82) is 0 Å². The zero-order valence-corrected chi connectivity index (χ0v) is 10.5. The van der Waals surface area contributed by atoms with Gasteiger partial charge < -0.3 is 9.63 Å². The smallest absolute Gasteiger partial charge is 0.383 e. The fourth-order valence-electron chi connectivity index (χ4n) is 1.59. The molecule has 0 saturated carbocycles. The van der Waals surface area contributed by atoms with Crippen molar-refractivity contribution in [2.24, 2.45) is 0 Å². The number of aliphatic hydroxyl groups is 1. The Labute approximate surface area is 115 Å². The van der Waals surface area contributed by atoms with E-state index in [0.717, 1.165) is 25.1 Å². The van der Waals surface area contributed by atoms with E-state index in [-0.39, 0.29) is 11.4 Å². The van der Waals surface area contributed by atoms with Gasteiger partial charge in [0.1, 0.15) is 0 Å². The summed E-state index contributed by atoms with van der Waals surface area (Å²) >= 11 is 0. The second-order valence-corrected chi connectivity index (χ2v) is 4.36. The van der Waals surface area contributed by atoms with Crippen molar-refractivity contribution < 1.29 is 31.6 Å². The number of halogens is 5. The van der Waals surface area contributed by atoms with Crippen molar-refractivity contribution in [3.63, 3.8) is 0 Å². The molecule has 2 rings (SSSR count). The van der Waals surface area contributed by atoms with Crippen LogP contribution in [0.1, 0.15) is 18.7 Å². The highest BCUT2D eigenvalue weighted by Gasteiger charge is 2.44. The van der Waals surface area contributed by atoms with Gasteiger partial charge >= 0.3 is 6.18 Å². The number of hydrogen-bond acceptors (Lipinski definition) is 4. The number of alkyl halides is 3. The molecule has 4 nitrogen and oxygen atoms in total. The SMILES string of the molecule is CC(c1nc(-c2ccc(F)c(F)c2)no1)C(O)C(F)(F)F. The van der Waals surface area contributed by atoms with E-state index < -0.39 is 35.7 Å². The van der Waals surface area contributed by atoms with Gasteiger partial charge in [-0.1, -0.05) is 12.1 Å². The third kappa shape index (κ3) is 3.18. The number of hydrogen-bond donors (Lipinski definition) is 1. The first-order chi connectivity index (χ1) is 9.70. The van der Waals surface area contributed by atoms with Crippen molar-refractivity contribution in [2.75, 3.05) is 0 Å². The molecule has 0 aliphatic carbocycles.